The highest BCUT2D eigenvalue weighted by atomic mass is 35.5. The normalized spacial score (nSPS) is 11.9. The topological polar surface area (TPSA) is 113 Å². The van der Waals surface area contributed by atoms with Crippen molar-refractivity contribution in [2.24, 2.45) is 0 Å². The van der Waals surface area contributed by atoms with Crippen molar-refractivity contribution in [3.63, 3.8) is 0 Å². The summed E-state index contributed by atoms with van der Waals surface area (Å²) in [7, 11) is 0. The van der Waals surface area contributed by atoms with Gasteiger partial charge in [-0.2, -0.15) is 0 Å². The number of benzene rings is 3. The van der Waals surface area contributed by atoms with Gasteiger partial charge < -0.3 is 20.5 Å². The number of thioether (sulfide) groups is 1. The minimum absolute atomic E-state index is 0.0676. The molecule has 0 saturated carbocycles. The first-order valence-electron chi connectivity index (χ1n) is 11.9. The van der Waals surface area contributed by atoms with E-state index in [2.05, 4.69) is 21.1 Å². The van der Waals surface area contributed by atoms with Gasteiger partial charge in [0.1, 0.15) is 11.5 Å². The van der Waals surface area contributed by atoms with Crippen molar-refractivity contribution in [2.45, 2.75) is 24.0 Å². The van der Waals surface area contributed by atoms with E-state index in [4.69, 9.17) is 16.1 Å². The van der Waals surface area contributed by atoms with Gasteiger partial charge in [0.25, 0.3) is 11.8 Å². The zero-order chi connectivity index (χ0) is 27.8. The molecule has 3 amide bonds. The second-order valence-electron chi connectivity index (χ2n) is 8.48. The molecule has 0 aliphatic carbocycles. The quantitative estimate of drug-likeness (QED) is 0.167. The Kier molecular flexibility index (Phi) is 9.19. The number of hydrogen-bond donors (Lipinski definition) is 3. The molecule has 0 saturated heterocycles. The standard InChI is InChI=1S/C29H25ClN4O4S/c1-18-16-26(34-38-18)33-27(35)19(2)39-24-14-12-23(13-15-24)31-29(37)25(17-20-8-10-22(30)11-9-20)32-28(36)21-6-4-3-5-7-21/h3-17,19H,1-2H3,(H,31,37)(H,32,36)(H,33,34,35)/b25-17-/t19-/m0/s1. The number of rotatable bonds is 9. The first-order valence-corrected chi connectivity index (χ1v) is 13.2. The van der Waals surface area contributed by atoms with Crippen molar-refractivity contribution < 1.29 is 18.9 Å². The molecule has 0 aliphatic heterocycles. The Bertz CT molecular complexity index is 1490. The molecule has 4 aromatic rings. The lowest BCUT2D eigenvalue weighted by atomic mass is 10.1. The van der Waals surface area contributed by atoms with Crippen LogP contribution in [0.2, 0.25) is 5.02 Å². The van der Waals surface area contributed by atoms with Crippen LogP contribution in [0.25, 0.3) is 6.08 Å². The van der Waals surface area contributed by atoms with E-state index < -0.39 is 17.1 Å². The molecule has 198 valence electrons. The summed E-state index contributed by atoms with van der Waals surface area (Å²) in [6.07, 6.45) is 1.58. The molecule has 0 radical (unpaired) electrons. The lowest BCUT2D eigenvalue weighted by Gasteiger charge is -2.13. The fourth-order valence-corrected chi connectivity index (χ4v) is 4.39. The first-order chi connectivity index (χ1) is 18.8. The third-order valence-electron chi connectivity index (χ3n) is 5.38. The molecule has 1 heterocycles. The number of hydrogen-bond acceptors (Lipinski definition) is 6. The molecule has 0 aliphatic rings. The zero-order valence-corrected chi connectivity index (χ0v) is 22.7. The van der Waals surface area contributed by atoms with Crippen LogP contribution in [0.5, 0.6) is 0 Å². The Morgan fingerprint density at radius 3 is 2.28 bits per heavy atom. The summed E-state index contributed by atoms with van der Waals surface area (Å²) in [6.45, 7) is 3.53. The van der Waals surface area contributed by atoms with Gasteiger partial charge in [0.05, 0.1) is 5.25 Å². The van der Waals surface area contributed by atoms with Gasteiger partial charge in [-0.3, -0.25) is 14.4 Å². The summed E-state index contributed by atoms with van der Waals surface area (Å²) in [4.78, 5) is 39.3. The fourth-order valence-electron chi connectivity index (χ4n) is 3.39. The molecule has 8 nitrogen and oxygen atoms in total. The molecule has 3 aromatic carbocycles. The number of anilines is 2. The Labute approximate surface area is 234 Å². The van der Waals surface area contributed by atoms with Crippen molar-refractivity contribution >= 4 is 58.7 Å². The number of nitrogens with zero attached hydrogens (tertiary/aromatic N) is 1. The second-order valence-corrected chi connectivity index (χ2v) is 10.3. The third kappa shape index (κ3) is 8.07. The predicted molar refractivity (Wildman–Crippen MR) is 154 cm³/mol. The lowest BCUT2D eigenvalue weighted by molar-refractivity contribution is -0.115. The molecule has 0 fully saturated rings. The summed E-state index contributed by atoms with van der Waals surface area (Å²) < 4.78 is 4.97. The van der Waals surface area contributed by atoms with Gasteiger partial charge in [-0.25, -0.2) is 0 Å². The van der Waals surface area contributed by atoms with E-state index in [0.29, 0.717) is 33.4 Å². The number of nitrogens with one attached hydrogen (secondary N) is 3. The molecule has 39 heavy (non-hydrogen) atoms. The molecular weight excluding hydrogens is 536 g/mol. The van der Waals surface area contributed by atoms with E-state index in [0.717, 1.165) is 4.90 Å². The third-order valence-corrected chi connectivity index (χ3v) is 6.75. The summed E-state index contributed by atoms with van der Waals surface area (Å²) in [5, 5.41) is 12.2. The van der Waals surface area contributed by atoms with Crippen LogP contribution in [-0.2, 0) is 9.59 Å². The van der Waals surface area contributed by atoms with E-state index in [1.165, 1.54) is 11.8 Å². The van der Waals surface area contributed by atoms with Gasteiger partial charge in [0, 0.05) is 27.2 Å². The molecule has 0 spiro atoms. The molecule has 1 aromatic heterocycles. The number of aryl methyl sites for hydroxylation is 1. The maximum absolute atomic E-state index is 13.2. The summed E-state index contributed by atoms with van der Waals surface area (Å²) in [5.74, 6) is -0.147. The summed E-state index contributed by atoms with van der Waals surface area (Å²) in [6, 6.07) is 24.2. The number of carbonyl (C=O) groups excluding carboxylic acids is 3. The number of amides is 3. The van der Waals surface area contributed by atoms with Crippen molar-refractivity contribution in [3.8, 4) is 0 Å². The van der Waals surface area contributed by atoms with Crippen LogP contribution in [-0.4, -0.2) is 28.1 Å². The predicted octanol–water partition coefficient (Wildman–Crippen LogP) is 6.17. The Balaban J connectivity index is 1.43. The van der Waals surface area contributed by atoms with Crippen molar-refractivity contribution in [2.75, 3.05) is 10.6 Å². The van der Waals surface area contributed by atoms with Crippen molar-refractivity contribution in [1.82, 2.24) is 10.5 Å². The molecular formula is C29H25ClN4O4S. The van der Waals surface area contributed by atoms with Gasteiger partial charge in [-0.1, -0.05) is 47.1 Å². The molecule has 3 N–H and O–H groups in total. The van der Waals surface area contributed by atoms with Gasteiger partial charge in [-0.15, -0.1) is 11.8 Å². The molecule has 4 rings (SSSR count). The Hall–Kier alpha value is -4.34. The molecule has 10 heteroatoms. The van der Waals surface area contributed by atoms with Crippen molar-refractivity contribution in [1.29, 1.82) is 0 Å². The van der Waals surface area contributed by atoms with Crippen LogP contribution < -0.4 is 16.0 Å². The fraction of sp³-hybridized carbons (Fsp3) is 0.103. The van der Waals surface area contributed by atoms with E-state index in [9.17, 15) is 14.4 Å². The summed E-state index contributed by atoms with van der Waals surface area (Å²) in [5.41, 5.74) is 1.71. The number of aromatic nitrogens is 1. The van der Waals surface area contributed by atoms with E-state index >= 15 is 0 Å². The van der Waals surface area contributed by atoms with E-state index in [1.807, 2.05) is 0 Å². The monoisotopic (exact) mass is 560 g/mol. The van der Waals surface area contributed by atoms with Crippen molar-refractivity contribution in [3.05, 3.63) is 113 Å². The SMILES string of the molecule is Cc1cc(NC(=O)[C@H](C)Sc2ccc(NC(=O)/C(=C/c3ccc(Cl)cc3)NC(=O)c3ccccc3)cc2)no1. The largest absolute Gasteiger partial charge is 0.360 e. The minimum atomic E-state index is -0.495. The maximum Gasteiger partial charge on any atom is 0.272 e. The molecule has 1 atom stereocenters. The highest BCUT2D eigenvalue weighted by Gasteiger charge is 2.17. The van der Waals surface area contributed by atoms with E-state index in [-0.39, 0.29) is 11.6 Å². The highest BCUT2D eigenvalue weighted by Crippen LogP contribution is 2.26. The average molecular weight is 561 g/mol. The molecule has 0 unspecified atom stereocenters. The highest BCUT2D eigenvalue weighted by molar-refractivity contribution is 8.00. The smallest absolute Gasteiger partial charge is 0.272 e. The van der Waals surface area contributed by atoms with Crippen LogP contribution >= 0.6 is 23.4 Å². The van der Waals surface area contributed by atoms with Gasteiger partial charge in [0.2, 0.25) is 5.91 Å². The Morgan fingerprint density at radius 1 is 0.949 bits per heavy atom. The number of carbonyl (C=O) groups is 3. The first kappa shape index (κ1) is 27.7. The van der Waals surface area contributed by atoms with Crippen LogP contribution in [0.3, 0.4) is 0 Å². The van der Waals surface area contributed by atoms with Crippen LogP contribution in [0.1, 0.15) is 28.6 Å². The molecule has 0 bridgehead atoms. The van der Waals surface area contributed by atoms with Gasteiger partial charge in [0.15, 0.2) is 5.82 Å². The maximum atomic E-state index is 13.2. The average Bonchev–Trinajstić information content (AvgIpc) is 3.35. The van der Waals surface area contributed by atoms with E-state index in [1.54, 1.807) is 105 Å². The van der Waals surface area contributed by atoms with Crippen LogP contribution in [0, 0.1) is 6.92 Å². The Morgan fingerprint density at radius 2 is 1.64 bits per heavy atom. The zero-order valence-electron chi connectivity index (χ0n) is 21.1. The van der Waals surface area contributed by atoms with Gasteiger partial charge in [-0.05, 0) is 74.0 Å². The van der Waals surface area contributed by atoms with Crippen LogP contribution in [0.15, 0.2) is 100 Å². The van der Waals surface area contributed by atoms with Gasteiger partial charge >= 0.3 is 0 Å². The van der Waals surface area contributed by atoms with Crippen LogP contribution in [0.4, 0.5) is 11.5 Å². The summed E-state index contributed by atoms with van der Waals surface area (Å²) >= 11 is 7.34. The second kappa shape index (κ2) is 12.9. The minimum Gasteiger partial charge on any atom is -0.360 e. The number of halogens is 1. The lowest BCUT2D eigenvalue weighted by Crippen LogP contribution is -2.30.